The van der Waals surface area contributed by atoms with Crippen LogP contribution in [0.1, 0.15) is 19.4 Å². The molecule has 0 bridgehead atoms. The van der Waals surface area contributed by atoms with Crippen LogP contribution in [0.2, 0.25) is 0 Å². The highest BCUT2D eigenvalue weighted by Crippen LogP contribution is 2.17. The van der Waals surface area contributed by atoms with Crippen molar-refractivity contribution < 1.29 is 4.79 Å². The fourth-order valence-corrected chi connectivity index (χ4v) is 2.46. The van der Waals surface area contributed by atoms with E-state index in [4.69, 9.17) is 0 Å². The minimum Gasteiger partial charge on any atom is -0.298 e. The minimum absolute atomic E-state index is 0.0707. The molecule has 0 heterocycles. The first-order valence-electron chi connectivity index (χ1n) is 4.93. The van der Waals surface area contributed by atoms with Crippen molar-refractivity contribution in [1.29, 1.82) is 0 Å². The monoisotopic (exact) mass is 332 g/mol. The van der Waals surface area contributed by atoms with Gasteiger partial charge in [0.05, 0.1) is 4.83 Å². The molecule has 1 aromatic rings. The van der Waals surface area contributed by atoms with E-state index < -0.39 is 0 Å². The van der Waals surface area contributed by atoms with Gasteiger partial charge >= 0.3 is 0 Å². The Morgan fingerprint density at radius 2 is 1.80 bits per heavy atom. The van der Waals surface area contributed by atoms with Crippen LogP contribution < -0.4 is 0 Å². The van der Waals surface area contributed by atoms with Crippen molar-refractivity contribution in [3.8, 4) is 0 Å². The van der Waals surface area contributed by atoms with Crippen LogP contribution >= 0.6 is 31.9 Å². The molecule has 82 valence electrons. The first kappa shape index (κ1) is 12.9. The van der Waals surface area contributed by atoms with Crippen molar-refractivity contribution in [2.24, 2.45) is 5.92 Å². The molecular weight excluding hydrogens is 320 g/mol. The summed E-state index contributed by atoms with van der Waals surface area (Å²) in [5.74, 6) is 0.350. The normalized spacial score (nSPS) is 12.9. The van der Waals surface area contributed by atoms with Crippen molar-refractivity contribution in [3.63, 3.8) is 0 Å². The molecule has 0 fully saturated rings. The van der Waals surface area contributed by atoms with E-state index in [0.29, 0.717) is 0 Å². The zero-order valence-corrected chi connectivity index (χ0v) is 12.0. The Hall–Kier alpha value is -0.150. The van der Waals surface area contributed by atoms with Crippen LogP contribution in [0.15, 0.2) is 28.7 Å². The van der Waals surface area contributed by atoms with E-state index in [1.807, 2.05) is 38.1 Å². The molecule has 1 nitrogen and oxygen atoms in total. The van der Waals surface area contributed by atoms with Gasteiger partial charge in [-0.1, -0.05) is 57.8 Å². The Morgan fingerprint density at radius 1 is 1.27 bits per heavy atom. The predicted octanol–water partition coefficient (Wildman–Crippen LogP) is 3.98. The third-order valence-corrected chi connectivity index (χ3v) is 3.51. The molecule has 1 atom stereocenters. The lowest BCUT2D eigenvalue weighted by Crippen LogP contribution is -2.21. The second-order valence-corrected chi connectivity index (χ2v) is 5.88. The Labute approximate surface area is 108 Å². The highest BCUT2D eigenvalue weighted by Gasteiger charge is 2.18. The van der Waals surface area contributed by atoms with Gasteiger partial charge in [-0.05, 0) is 24.1 Å². The molecule has 0 saturated carbocycles. The van der Waals surface area contributed by atoms with Crippen LogP contribution in [0.3, 0.4) is 0 Å². The fourth-order valence-electron chi connectivity index (χ4n) is 1.29. The Kier molecular flexibility index (Phi) is 5.00. The number of ketones is 1. The summed E-state index contributed by atoms with van der Waals surface area (Å²) in [6.45, 7) is 3.86. The van der Waals surface area contributed by atoms with Crippen molar-refractivity contribution in [3.05, 3.63) is 34.3 Å². The smallest absolute Gasteiger partial charge is 0.149 e. The van der Waals surface area contributed by atoms with Gasteiger partial charge in [0.15, 0.2) is 0 Å². The Bertz CT molecular complexity index is 330. The number of benzene rings is 1. The minimum atomic E-state index is -0.0707. The lowest BCUT2D eigenvalue weighted by molar-refractivity contribution is -0.121. The average Bonchev–Trinajstić information content (AvgIpc) is 2.20. The van der Waals surface area contributed by atoms with Crippen LogP contribution in [0.25, 0.3) is 0 Å². The maximum absolute atomic E-state index is 11.7. The number of carbonyl (C=O) groups excluding carboxylic acids is 1. The molecule has 0 aliphatic rings. The lowest BCUT2D eigenvalue weighted by atomic mass is 10.0. The summed E-state index contributed by atoms with van der Waals surface area (Å²) < 4.78 is 1.06. The zero-order chi connectivity index (χ0) is 11.4. The number of hydrogen-bond donors (Lipinski definition) is 0. The topological polar surface area (TPSA) is 17.1 Å². The predicted molar refractivity (Wildman–Crippen MR) is 70.4 cm³/mol. The maximum Gasteiger partial charge on any atom is 0.149 e. The summed E-state index contributed by atoms with van der Waals surface area (Å²) in [4.78, 5) is 11.6. The van der Waals surface area contributed by atoms with Crippen LogP contribution in [-0.4, -0.2) is 10.6 Å². The first-order valence-corrected chi connectivity index (χ1v) is 6.64. The molecule has 0 saturated heterocycles. The molecule has 1 unspecified atom stereocenters. The van der Waals surface area contributed by atoms with Gasteiger partial charge in [0.25, 0.3) is 0 Å². The van der Waals surface area contributed by atoms with Gasteiger partial charge in [0, 0.05) is 10.4 Å². The Balaban J connectivity index is 2.62. The van der Waals surface area contributed by atoms with Crippen molar-refractivity contribution in [1.82, 2.24) is 0 Å². The standard InChI is InChI=1S/C12H14Br2O/c1-8(2)12(15)11(14)7-9-3-5-10(13)6-4-9/h3-6,8,11H,7H2,1-2H3. The van der Waals surface area contributed by atoms with Crippen molar-refractivity contribution >= 4 is 37.6 Å². The van der Waals surface area contributed by atoms with Gasteiger partial charge in [-0.2, -0.15) is 0 Å². The molecule has 1 aromatic carbocycles. The molecule has 0 aliphatic carbocycles. The largest absolute Gasteiger partial charge is 0.298 e. The summed E-state index contributed by atoms with van der Waals surface area (Å²) in [6.07, 6.45) is 0.754. The third-order valence-electron chi connectivity index (χ3n) is 2.21. The molecule has 0 spiro atoms. The molecule has 0 N–H and O–H groups in total. The van der Waals surface area contributed by atoms with E-state index in [2.05, 4.69) is 31.9 Å². The number of hydrogen-bond acceptors (Lipinski definition) is 1. The van der Waals surface area contributed by atoms with Gasteiger partial charge in [-0.3, -0.25) is 4.79 Å². The number of alkyl halides is 1. The van der Waals surface area contributed by atoms with Gasteiger partial charge in [0.1, 0.15) is 5.78 Å². The van der Waals surface area contributed by atoms with Gasteiger partial charge in [-0.15, -0.1) is 0 Å². The van der Waals surface area contributed by atoms with Crippen LogP contribution in [0.5, 0.6) is 0 Å². The van der Waals surface area contributed by atoms with E-state index in [9.17, 15) is 4.79 Å². The molecule has 3 heteroatoms. The van der Waals surface area contributed by atoms with E-state index >= 15 is 0 Å². The molecule has 0 aromatic heterocycles. The van der Waals surface area contributed by atoms with E-state index in [-0.39, 0.29) is 16.5 Å². The molecular formula is C12H14Br2O. The lowest BCUT2D eigenvalue weighted by Gasteiger charge is -2.11. The quantitative estimate of drug-likeness (QED) is 0.762. The summed E-state index contributed by atoms with van der Waals surface area (Å²) in [7, 11) is 0. The van der Waals surface area contributed by atoms with Crippen molar-refractivity contribution in [2.75, 3.05) is 0 Å². The number of carbonyl (C=O) groups is 1. The van der Waals surface area contributed by atoms with Crippen LogP contribution in [-0.2, 0) is 11.2 Å². The van der Waals surface area contributed by atoms with E-state index in [0.717, 1.165) is 10.9 Å². The SMILES string of the molecule is CC(C)C(=O)C(Br)Cc1ccc(Br)cc1. The van der Waals surface area contributed by atoms with E-state index in [1.54, 1.807) is 0 Å². The fraction of sp³-hybridized carbons (Fsp3) is 0.417. The first-order chi connectivity index (χ1) is 7.00. The number of halogens is 2. The highest BCUT2D eigenvalue weighted by atomic mass is 79.9. The molecule has 0 amide bonds. The zero-order valence-electron chi connectivity index (χ0n) is 8.84. The molecule has 1 rings (SSSR count). The molecule has 0 aliphatic heterocycles. The highest BCUT2D eigenvalue weighted by molar-refractivity contribution is 9.10. The van der Waals surface area contributed by atoms with Gasteiger partial charge < -0.3 is 0 Å². The van der Waals surface area contributed by atoms with E-state index in [1.165, 1.54) is 5.56 Å². The summed E-state index contributed by atoms with van der Waals surface area (Å²) >= 11 is 6.82. The third kappa shape index (κ3) is 4.07. The number of rotatable bonds is 4. The average molecular weight is 334 g/mol. The van der Waals surface area contributed by atoms with Gasteiger partial charge in [0.2, 0.25) is 0 Å². The molecule has 0 radical (unpaired) electrons. The van der Waals surface area contributed by atoms with Crippen LogP contribution in [0, 0.1) is 5.92 Å². The van der Waals surface area contributed by atoms with Gasteiger partial charge in [-0.25, -0.2) is 0 Å². The van der Waals surface area contributed by atoms with Crippen LogP contribution in [0.4, 0.5) is 0 Å². The second kappa shape index (κ2) is 5.80. The summed E-state index contributed by atoms with van der Waals surface area (Å²) in [6, 6.07) is 8.06. The summed E-state index contributed by atoms with van der Waals surface area (Å²) in [5.41, 5.74) is 1.18. The summed E-state index contributed by atoms with van der Waals surface area (Å²) in [5, 5.41) is 0. The molecule has 15 heavy (non-hydrogen) atoms. The second-order valence-electron chi connectivity index (χ2n) is 3.86. The maximum atomic E-state index is 11.7. The number of Topliss-reactive ketones (excluding diaryl/α,β-unsaturated/α-hetero) is 1. The Morgan fingerprint density at radius 3 is 2.27 bits per heavy atom. The van der Waals surface area contributed by atoms with Crippen molar-refractivity contribution in [2.45, 2.75) is 25.1 Å².